The van der Waals surface area contributed by atoms with Crippen LogP contribution in [0.15, 0.2) is 13.2 Å². The van der Waals surface area contributed by atoms with Crippen molar-refractivity contribution in [1.82, 2.24) is 0 Å². The molecule has 0 unspecified atom stereocenters. The Morgan fingerprint density at radius 2 is 1.69 bits per heavy atom. The van der Waals surface area contributed by atoms with E-state index in [0.717, 1.165) is 12.8 Å². The highest BCUT2D eigenvalue weighted by atomic mass is 16.7. The van der Waals surface area contributed by atoms with Crippen molar-refractivity contribution in [3.05, 3.63) is 13.2 Å². The smallest absolute Gasteiger partial charge is 0.304 e. The number of carbonyl (C=O) groups excluding carboxylic acids is 1. The third-order valence-corrected chi connectivity index (χ3v) is 1.15. The first-order valence-electron chi connectivity index (χ1n) is 4.56. The SMILES string of the molecule is C.C.C=C.CCCCOCOCOC(C)=O. The van der Waals surface area contributed by atoms with E-state index in [2.05, 4.69) is 24.8 Å². The van der Waals surface area contributed by atoms with E-state index in [0.29, 0.717) is 6.61 Å². The van der Waals surface area contributed by atoms with E-state index in [1.165, 1.54) is 6.92 Å². The molecule has 0 aromatic rings. The van der Waals surface area contributed by atoms with Crippen LogP contribution in [0.1, 0.15) is 41.5 Å². The molecule has 0 bridgehead atoms. The quantitative estimate of drug-likeness (QED) is 0.294. The predicted molar refractivity (Wildman–Crippen MR) is 68.2 cm³/mol. The molecule has 0 rings (SSSR count). The fourth-order valence-corrected chi connectivity index (χ4v) is 0.523. The van der Waals surface area contributed by atoms with Crippen LogP contribution >= 0.6 is 0 Å². The topological polar surface area (TPSA) is 44.8 Å². The van der Waals surface area contributed by atoms with Gasteiger partial charge in [0, 0.05) is 13.5 Å². The van der Waals surface area contributed by atoms with E-state index in [1.807, 2.05) is 0 Å². The van der Waals surface area contributed by atoms with Gasteiger partial charge in [-0.05, 0) is 6.42 Å². The standard InChI is InChI=1S/C8H16O4.C2H4.2CH4/c1-3-4-5-10-6-11-7-12-8(2)9;1-2;;/h3-7H2,1-2H3;1-2H2;2*1H4. The normalized spacial score (nSPS) is 7.62. The summed E-state index contributed by atoms with van der Waals surface area (Å²) in [7, 11) is 0. The van der Waals surface area contributed by atoms with Crippen LogP contribution in [0, 0.1) is 0 Å². The molecule has 0 aliphatic carbocycles. The molecule has 0 heterocycles. The van der Waals surface area contributed by atoms with Gasteiger partial charge < -0.3 is 14.2 Å². The Morgan fingerprint density at radius 1 is 1.12 bits per heavy atom. The molecule has 0 aromatic heterocycles. The lowest BCUT2D eigenvalue weighted by molar-refractivity contribution is -0.165. The fraction of sp³-hybridized carbons (Fsp3) is 0.750. The lowest BCUT2D eigenvalue weighted by atomic mass is 10.4. The van der Waals surface area contributed by atoms with Crippen molar-refractivity contribution in [2.45, 2.75) is 41.5 Å². The zero-order chi connectivity index (χ0) is 11.2. The first kappa shape index (κ1) is 24.4. The summed E-state index contributed by atoms with van der Waals surface area (Å²) >= 11 is 0. The van der Waals surface area contributed by atoms with Crippen LogP contribution in [0.3, 0.4) is 0 Å². The van der Waals surface area contributed by atoms with Crippen molar-refractivity contribution in [2.75, 3.05) is 20.2 Å². The van der Waals surface area contributed by atoms with Gasteiger partial charge in [0.2, 0.25) is 0 Å². The average molecular weight is 236 g/mol. The molecule has 0 saturated heterocycles. The number of unbranched alkanes of at least 4 members (excludes halogenated alkanes) is 1. The molecule has 0 N–H and O–H groups in total. The molecule has 0 fully saturated rings. The number of carbonyl (C=O) groups is 1. The van der Waals surface area contributed by atoms with Crippen molar-refractivity contribution >= 4 is 5.97 Å². The zero-order valence-corrected chi connectivity index (χ0v) is 9.08. The average Bonchev–Trinajstić information content (AvgIpc) is 2.19. The van der Waals surface area contributed by atoms with E-state index in [4.69, 9.17) is 9.47 Å². The summed E-state index contributed by atoms with van der Waals surface area (Å²) in [5.74, 6) is -0.344. The summed E-state index contributed by atoms with van der Waals surface area (Å²) < 4.78 is 14.4. The van der Waals surface area contributed by atoms with Crippen LogP contribution in [-0.2, 0) is 19.0 Å². The Hall–Kier alpha value is -0.870. The molecular weight excluding hydrogens is 208 g/mol. The largest absolute Gasteiger partial charge is 0.439 e. The molecule has 0 atom stereocenters. The molecule has 100 valence electrons. The molecule has 0 amide bonds. The van der Waals surface area contributed by atoms with E-state index in [1.54, 1.807) is 0 Å². The summed E-state index contributed by atoms with van der Waals surface area (Å²) in [4.78, 5) is 10.2. The number of ether oxygens (including phenoxy) is 3. The summed E-state index contributed by atoms with van der Waals surface area (Å²) in [6.45, 7) is 10.3. The van der Waals surface area contributed by atoms with E-state index < -0.39 is 0 Å². The molecule has 0 saturated carbocycles. The van der Waals surface area contributed by atoms with Gasteiger partial charge in [0.05, 0.1) is 0 Å². The number of rotatable bonds is 7. The van der Waals surface area contributed by atoms with Crippen molar-refractivity contribution < 1.29 is 19.0 Å². The Bertz CT molecular complexity index is 126. The first-order chi connectivity index (χ1) is 6.77. The lowest BCUT2D eigenvalue weighted by Gasteiger charge is -2.04. The molecule has 0 radical (unpaired) electrons. The minimum Gasteiger partial charge on any atom is -0.439 e. The van der Waals surface area contributed by atoms with Crippen LogP contribution in [0.5, 0.6) is 0 Å². The number of esters is 1. The first-order valence-corrected chi connectivity index (χ1v) is 4.56. The third-order valence-electron chi connectivity index (χ3n) is 1.15. The van der Waals surface area contributed by atoms with Gasteiger partial charge in [-0.25, -0.2) is 0 Å². The second kappa shape index (κ2) is 23.7. The lowest BCUT2D eigenvalue weighted by Crippen LogP contribution is -2.07. The van der Waals surface area contributed by atoms with Gasteiger partial charge >= 0.3 is 5.97 Å². The molecule has 0 spiro atoms. The Labute approximate surface area is 101 Å². The third kappa shape index (κ3) is 29.2. The van der Waals surface area contributed by atoms with Crippen LogP contribution < -0.4 is 0 Å². The minimum absolute atomic E-state index is 0. The van der Waals surface area contributed by atoms with Crippen LogP contribution in [-0.4, -0.2) is 26.2 Å². The molecule has 16 heavy (non-hydrogen) atoms. The van der Waals surface area contributed by atoms with Crippen molar-refractivity contribution in [2.24, 2.45) is 0 Å². The maximum atomic E-state index is 10.2. The van der Waals surface area contributed by atoms with Gasteiger partial charge in [-0.3, -0.25) is 4.79 Å². The maximum Gasteiger partial charge on any atom is 0.304 e. The summed E-state index contributed by atoms with van der Waals surface area (Å²) in [5, 5.41) is 0. The van der Waals surface area contributed by atoms with Gasteiger partial charge in [0.1, 0.15) is 0 Å². The molecule has 4 heteroatoms. The van der Waals surface area contributed by atoms with Gasteiger partial charge in [0.15, 0.2) is 13.6 Å². The van der Waals surface area contributed by atoms with Crippen molar-refractivity contribution in [3.63, 3.8) is 0 Å². The van der Waals surface area contributed by atoms with Gasteiger partial charge in [-0.2, -0.15) is 0 Å². The van der Waals surface area contributed by atoms with Crippen molar-refractivity contribution in [1.29, 1.82) is 0 Å². The van der Waals surface area contributed by atoms with E-state index in [9.17, 15) is 4.79 Å². The highest BCUT2D eigenvalue weighted by Gasteiger charge is 1.91. The zero-order valence-electron chi connectivity index (χ0n) is 9.08. The van der Waals surface area contributed by atoms with E-state index >= 15 is 0 Å². The van der Waals surface area contributed by atoms with E-state index in [-0.39, 0.29) is 34.4 Å². The second-order valence-electron chi connectivity index (χ2n) is 2.34. The second-order valence-corrected chi connectivity index (χ2v) is 2.34. The summed E-state index contributed by atoms with van der Waals surface area (Å²) in [6, 6.07) is 0. The molecule has 4 nitrogen and oxygen atoms in total. The van der Waals surface area contributed by atoms with Gasteiger partial charge in [-0.15, -0.1) is 13.2 Å². The minimum atomic E-state index is -0.344. The summed E-state index contributed by atoms with van der Waals surface area (Å²) in [6.07, 6.45) is 2.13. The van der Waals surface area contributed by atoms with Crippen molar-refractivity contribution in [3.8, 4) is 0 Å². The molecule has 0 aliphatic heterocycles. The number of hydrogen-bond donors (Lipinski definition) is 0. The molecule has 0 aliphatic rings. The highest BCUT2D eigenvalue weighted by Crippen LogP contribution is 1.88. The van der Waals surface area contributed by atoms with Gasteiger partial charge in [-0.1, -0.05) is 28.2 Å². The van der Waals surface area contributed by atoms with Crippen LogP contribution in [0.2, 0.25) is 0 Å². The molecule has 0 aromatic carbocycles. The monoisotopic (exact) mass is 236 g/mol. The summed E-state index contributed by atoms with van der Waals surface area (Å²) in [5.41, 5.74) is 0. The Kier molecular flexibility index (Phi) is 36.2. The fourth-order valence-electron chi connectivity index (χ4n) is 0.523. The number of hydrogen-bond acceptors (Lipinski definition) is 4. The highest BCUT2D eigenvalue weighted by molar-refractivity contribution is 5.65. The Morgan fingerprint density at radius 3 is 2.12 bits per heavy atom. The van der Waals surface area contributed by atoms with Crippen LogP contribution in [0.4, 0.5) is 0 Å². The predicted octanol–water partition coefficient (Wildman–Crippen LogP) is 3.37. The van der Waals surface area contributed by atoms with Crippen LogP contribution in [0.25, 0.3) is 0 Å². The van der Waals surface area contributed by atoms with Gasteiger partial charge in [0.25, 0.3) is 0 Å². The maximum absolute atomic E-state index is 10.2. The Balaban J connectivity index is -0.000000169. The molecular formula is C12H28O4.